The molecule has 0 fully saturated rings. The summed E-state index contributed by atoms with van der Waals surface area (Å²) in [4.78, 5) is 11.8. The van der Waals surface area contributed by atoms with Gasteiger partial charge < -0.3 is 14.2 Å². The molecule has 0 aliphatic rings. The Morgan fingerprint density at radius 1 is 0.969 bits per heavy atom. The summed E-state index contributed by atoms with van der Waals surface area (Å²) in [5, 5.41) is 0. The van der Waals surface area contributed by atoms with Crippen molar-refractivity contribution in [2.45, 2.75) is 38.7 Å². The molecule has 0 aliphatic heterocycles. The highest BCUT2D eigenvalue weighted by Gasteiger charge is 2.30. The van der Waals surface area contributed by atoms with E-state index in [1.54, 1.807) is 13.8 Å². The van der Waals surface area contributed by atoms with Crippen LogP contribution >= 0.6 is 0 Å². The minimum atomic E-state index is -4.43. The van der Waals surface area contributed by atoms with E-state index in [1.165, 1.54) is 36.4 Å². The first-order chi connectivity index (χ1) is 14.9. The van der Waals surface area contributed by atoms with Crippen LogP contribution in [0.15, 0.2) is 48.5 Å². The number of benzene rings is 2. The Morgan fingerprint density at radius 3 is 1.94 bits per heavy atom. The van der Waals surface area contributed by atoms with Gasteiger partial charge in [0.2, 0.25) is 0 Å². The zero-order valence-corrected chi connectivity index (χ0v) is 18.4. The van der Waals surface area contributed by atoms with Crippen LogP contribution in [0.3, 0.4) is 0 Å². The molecular formula is C21H23F3O7S. The SMILES string of the molecule is CCOC(=O)CC(OS(C)(=O)=O)C(C)Oc1ccc(Oc2ccc(C(F)(F)F)cc2)cc1. The van der Waals surface area contributed by atoms with Crippen LogP contribution in [0.2, 0.25) is 0 Å². The molecule has 2 aromatic rings. The van der Waals surface area contributed by atoms with Crippen molar-refractivity contribution in [3.8, 4) is 17.2 Å². The Balaban J connectivity index is 2.03. The van der Waals surface area contributed by atoms with Crippen LogP contribution in [0.5, 0.6) is 17.2 Å². The van der Waals surface area contributed by atoms with Crippen LogP contribution < -0.4 is 9.47 Å². The Morgan fingerprint density at radius 2 is 1.47 bits per heavy atom. The van der Waals surface area contributed by atoms with E-state index < -0.39 is 40.0 Å². The van der Waals surface area contributed by atoms with Gasteiger partial charge in [-0.1, -0.05) is 0 Å². The molecule has 0 aromatic heterocycles. The Bertz CT molecular complexity index is 988. The van der Waals surface area contributed by atoms with Crippen molar-refractivity contribution in [2.24, 2.45) is 0 Å². The van der Waals surface area contributed by atoms with Crippen molar-refractivity contribution in [3.63, 3.8) is 0 Å². The van der Waals surface area contributed by atoms with E-state index in [1.807, 2.05) is 0 Å². The minimum Gasteiger partial charge on any atom is -0.488 e. The fraction of sp³-hybridized carbons (Fsp3) is 0.381. The van der Waals surface area contributed by atoms with Gasteiger partial charge in [-0.15, -0.1) is 0 Å². The summed E-state index contributed by atoms with van der Waals surface area (Å²) in [6.07, 6.45) is -5.81. The van der Waals surface area contributed by atoms with Gasteiger partial charge >= 0.3 is 12.1 Å². The predicted molar refractivity (Wildman–Crippen MR) is 109 cm³/mol. The van der Waals surface area contributed by atoms with Crippen LogP contribution in [0.25, 0.3) is 0 Å². The van der Waals surface area contributed by atoms with Crippen molar-refractivity contribution >= 4 is 16.1 Å². The first-order valence-electron chi connectivity index (χ1n) is 9.53. The fourth-order valence-corrected chi connectivity index (χ4v) is 3.29. The monoisotopic (exact) mass is 476 g/mol. The lowest BCUT2D eigenvalue weighted by molar-refractivity contribution is -0.146. The molecule has 0 aliphatic carbocycles. The zero-order valence-electron chi connectivity index (χ0n) is 17.6. The largest absolute Gasteiger partial charge is 0.488 e. The Labute approximate surface area is 184 Å². The maximum atomic E-state index is 12.6. The van der Waals surface area contributed by atoms with Gasteiger partial charge in [-0.05, 0) is 62.4 Å². The lowest BCUT2D eigenvalue weighted by Crippen LogP contribution is -2.35. The zero-order chi connectivity index (χ0) is 23.9. The predicted octanol–water partition coefficient (Wildman–Crippen LogP) is 4.56. The van der Waals surface area contributed by atoms with Gasteiger partial charge in [0.25, 0.3) is 10.1 Å². The molecule has 2 atom stereocenters. The van der Waals surface area contributed by atoms with E-state index in [0.717, 1.165) is 18.4 Å². The summed E-state index contributed by atoms with van der Waals surface area (Å²) in [6, 6.07) is 10.3. The van der Waals surface area contributed by atoms with Crippen LogP contribution in [-0.2, 0) is 30.0 Å². The molecule has 2 aromatic carbocycles. The van der Waals surface area contributed by atoms with Crippen LogP contribution in [0.1, 0.15) is 25.8 Å². The van der Waals surface area contributed by atoms with Crippen molar-refractivity contribution < 1.29 is 44.8 Å². The normalized spacial score (nSPS) is 13.8. The summed E-state index contributed by atoms with van der Waals surface area (Å²) < 4.78 is 81.9. The number of hydrogen-bond acceptors (Lipinski definition) is 7. The van der Waals surface area contributed by atoms with Gasteiger partial charge in [0, 0.05) is 0 Å². The minimum absolute atomic E-state index is 0.139. The molecule has 0 radical (unpaired) electrons. The smallest absolute Gasteiger partial charge is 0.416 e. The topological polar surface area (TPSA) is 88.1 Å². The fourth-order valence-electron chi connectivity index (χ4n) is 2.61. The second-order valence-electron chi connectivity index (χ2n) is 6.77. The number of hydrogen-bond donors (Lipinski definition) is 0. The van der Waals surface area contributed by atoms with E-state index >= 15 is 0 Å². The van der Waals surface area contributed by atoms with E-state index in [9.17, 15) is 26.4 Å². The first-order valence-corrected chi connectivity index (χ1v) is 11.3. The molecule has 0 saturated heterocycles. The van der Waals surface area contributed by atoms with Gasteiger partial charge in [0.15, 0.2) is 0 Å². The van der Waals surface area contributed by atoms with Gasteiger partial charge in [-0.25, -0.2) is 0 Å². The summed E-state index contributed by atoms with van der Waals surface area (Å²) >= 11 is 0. The van der Waals surface area contributed by atoms with Crippen molar-refractivity contribution in [2.75, 3.05) is 12.9 Å². The van der Waals surface area contributed by atoms with Crippen LogP contribution in [0, 0.1) is 0 Å². The number of esters is 1. The lowest BCUT2D eigenvalue weighted by Gasteiger charge is -2.23. The van der Waals surface area contributed by atoms with Gasteiger partial charge in [0.05, 0.1) is 24.8 Å². The molecule has 11 heteroatoms. The maximum absolute atomic E-state index is 12.6. The highest BCUT2D eigenvalue weighted by Crippen LogP contribution is 2.31. The van der Waals surface area contributed by atoms with Crippen LogP contribution in [-0.4, -0.2) is 39.5 Å². The number of carbonyl (C=O) groups excluding carboxylic acids is 1. The summed E-state index contributed by atoms with van der Waals surface area (Å²) in [7, 11) is -3.85. The van der Waals surface area contributed by atoms with E-state index in [2.05, 4.69) is 0 Å². The van der Waals surface area contributed by atoms with E-state index in [4.69, 9.17) is 18.4 Å². The third kappa shape index (κ3) is 8.39. The average molecular weight is 476 g/mol. The standard InChI is InChI=1S/C21H23F3O7S/c1-4-28-20(25)13-19(31-32(3,26)27)14(2)29-16-9-11-18(12-10-16)30-17-7-5-15(6-8-17)21(22,23)24/h5-12,14,19H,4,13H2,1-3H3. The first kappa shape index (κ1) is 25.5. The molecular weight excluding hydrogens is 453 g/mol. The third-order valence-electron chi connectivity index (χ3n) is 4.06. The molecule has 7 nitrogen and oxygen atoms in total. The van der Waals surface area contributed by atoms with Gasteiger partial charge in [-0.2, -0.15) is 21.6 Å². The molecule has 0 heterocycles. The molecule has 0 bridgehead atoms. The molecule has 2 unspecified atom stereocenters. The number of carbonyl (C=O) groups is 1. The molecule has 0 saturated carbocycles. The second kappa shape index (κ2) is 10.7. The van der Waals surface area contributed by atoms with Crippen molar-refractivity contribution in [3.05, 3.63) is 54.1 Å². The maximum Gasteiger partial charge on any atom is 0.416 e. The van der Waals surface area contributed by atoms with E-state index in [-0.39, 0.29) is 18.8 Å². The molecule has 0 N–H and O–H groups in total. The van der Waals surface area contributed by atoms with Crippen LogP contribution in [0.4, 0.5) is 13.2 Å². The number of halogens is 3. The molecule has 0 amide bonds. The molecule has 0 spiro atoms. The summed E-state index contributed by atoms with van der Waals surface area (Å²) in [5.74, 6) is 0.274. The lowest BCUT2D eigenvalue weighted by atomic mass is 10.1. The summed E-state index contributed by atoms with van der Waals surface area (Å²) in [6.45, 7) is 3.31. The van der Waals surface area contributed by atoms with Gasteiger partial charge in [0.1, 0.15) is 29.5 Å². The summed E-state index contributed by atoms with van der Waals surface area (Å²) in [5.41, 5.74) is -0.781. The Kier molecular flexibility index (Phi) is 8.51. The van der Waals surface area contributed by atoms with Crippen molar-refractivity contribution in [1.82, 2.24) is 0 Å². The average Bonchev–Trinajstić information content (AvgIpc) is 2.68. The Hall–Kier alpha value is -2.79. The highest BCUT2D eigenvalue weighted by atomic mass is 32.2. The van der Waals surface area contributed by atoms with E-state index in [0.29, 0.717) is 11.5 Å². The number of alkyl halides is 3. The third-order valence-corrected chi connectivity index (χ3v) is 4.65. The highest BCUT2D eigenvalue weighted by molar-refractivity contribution is 7.86. The second-order valence-corrected chi connectivity index (χ2v) is 8.37. The number of ether oxygens (including phenoxy) is 3. The van der Waals surface area contributed by atoms with Gasteiger partial charge in [-0.3, -0.25) is 8.98 Å². The molecule has 176 valence electrons. The van der Waals surface area contributed by atoms with Crippen molar-refractivity contribution in [1.29, 1.82) is 0 Å². The quantitative estimate of drug-likeness (QED) is 0.367. The molecule has 32 heavy (non-hydrogen) atoms. The number of rotatable bonds is 10. The molecule has 2 rings (SSSR count).